The van der Waals surface area contributed by atoms with E-state index in [1.807, 2.05) is 4.90 Å². The summed E-state index contributed by atoms with van der Waals surface area (Å²) >= 11 is 0. The topological polar surface area (TPSA) is 81.1 Å². The van der Waals surface area contributed by atoms with Gasteiger partial charge in [-0.3, -0.25) is 9.45 Å². The Hall–Kier alpha value is 0.370. The van der Waals surface area contributed by atoms with Crippen LogP contribution in [0, 0.1) is 0 Å². The van der Waals surface area contributed by atoms with Crippen LogP contribution in [0.25, 0.3) is 0 Å². The van der Waals surface area contributed by atoms with Crippen molar-refractivity contribution in [3.63, 3.8) is 0 Å². The van der Waals surface area contributed by atoms with Crippen molar-refractivity contribution in [2.75, 3.05) is 39.3 Å². The first kappa shape index (κ1) is 16.4. The Morgan fingerprint density at radius 2 is 1.75 bits per heavy atom. The molecule has 0 aliphatic carbocycles. The zero-order chi connectivity index (χ0) is 11.5. The predicted molar refractivity (Wildman–Crippen MR) is 62.9 cm³/mol. The van der Waals surface area contributed by atoms with Crippen LogP contribution in [-0.4, -0.2) is 96.8 Å². The van der Waals surface area contributed by atoms with Crippen molar-refractivity contribution in [3.8, 4) is 0 Å². The quantitative estimate of drug-likeness (QED) is 0.463. The van der Waals surface area contributed by atoms with Crippen LogP contribution in [0.1, 0.15) is 0 Å². The number of hydrogen-bond donors (Lipinski definition) is 2. The van der Waals surface area contributed by atoms with Crippen molar-refractivity contribution < 1.29 is 18.1 Å². The van der Waals surface area contributed by atoms with Crippen LogP contribution < -0.4 is 0 Å². The Morgan fingerprint density at radius 3 is 2.12 bits per heavy atom. The van der Waals surface area contributed by atoms with Crippen LogP contribution in [0.4, 0.5) is 0 Å². The van der Waals surface area contributed by atoms with Crippen molar-refractivity contribution >= 4 is 39.7 Å². The van der Waals surface area contributed by atoms with Crippen molar-refractivity contribution in [2.24, 2.45) is 0 Å². The molecule has 0 unspecified atom stereocenters. The van der Waals surface area contributed by atoms with Gasteiger partial charge < -0.3 is 10.0 Å². The Balaban J connectivity index is 0.00000225. The molecule has 0 spiro atoms. The zero-order valence-corrected chi connectivity index (χ0v) is 9.28. The summed E-state index contributed by atoms with van der Waals surface area (Å²) in [5.41, 5.74) is 0. The van der Waals surface area contributed by atoms with Crippen LogP contribution in [0.15, 0.2) is 11.6 Å². The molecule has 1 aliphatic rings. The van der Waals surface area contributed by atoms with Crippen LogP contribution in [0.2, 0.25) is 0 Å². The second-order valence-corrected chi connectivity index (χ2v) is 4.84. The van der Waals surface area contributed by atoms with Crippen LogP contribution in [0.5, 0.6) is 0 Å². The number of hydrogen-bond acceptors (Lipinski definition) is 5. The van der Waals surface area contributed by atoms with E-state index in [-0.39, 0.29) is 41.2 Å². The van der Waals surface area contributed by atoms with Crippen molar-refractivity contribution in [1.29, 1.82) is 0 Å². The number of β-amino-alcohol motifs (C(OH)–C–C–N with tert-alkyl or cyclic N) is 1. The van der Waals surface area contributed by atoms with Gasteiger partial charge in [-0.05, 0) is 0 Å². The van der Waals surface area contributed by atoms with E-state index < -0.39 is 10.1 Å². The van der Waals surface area contributed by atoms with Gasteiger partial charge in [0.2, 0.25) is 0 Å². The second kappa shape index (κ2) is 6.95. The molecule has 0 amide bonds. The summed E-state index contributed by atoms with van der Waals surface area (Å²) in [6.45, 7) is 6.35. The molecule has 6 nitrogen and oxygen atoms in total. The fourth-order valence-corrected chi connectivity index (χ4v) is 2.03. The molecule has 0 atom stereocenters. The molecule has 0 saturated carbocycles. The van der Waals surface area contributed by atoms with E-state index in [0.29, 0.717) is 32.7 Å². The third-order valence-corrected chi connectivity index (χ3v) is 3.29. The van der Waals surface area contributed by atoms with Gasteiger partial charge >= 0.3 is 39.7 Å². The van der Waals surface area contributed by atoms with E-state index in [4.69, 9.17) is 9.66 Å². The fourth-order valence-electron chi connectivity index (χ4n) is 1.53. The summed E-state index contributed by atoms with van der Waals surface area (Å²) in [5.74, 6) is 0. The van der Waals surface area contributed by atoms with E-state index in [0.717, 1.165) is 0 Å². The molecular weight excluding hydrogens is 243 g/mol. The van der Waals surface area contributed by atoms with Gasteiger partial charge in [0.25, 0.3) is 0 Å². The van der Waals surface area contributed by atoms with Crippen molar-refractivity contribution in [3.05, 3.63) is 11.6 Å². The number of rotatable bonds is 4. The zero-order valence-electron chi connectivity index (χ0n) is 8.46. The van der Waals surface area contributed by atoms with E-state index in [2.05, 4.69) is 6.58 Å². The summed E-state index contributed by atoms with van der Waals surface area (Å²) in [6, 6.07) is 0. The molecule has 8 heteroatoms. The Kier molecular flexibility index (Phi) is 7.11. The summed E-state index contributed by atoms with van der Waals surface area (Å²) in [5, 5.41) is 8.47. The van der Waals surface area contributed by atoms with Gasteiger partial charge in [-0.25, -0.2) is 0 Å². The molecule has 1 heterocycles. The van der Waals surface area contributed by atoms with Gasteiger partial charge in [0, 0.05) is 32.7 Å². The van der Waals surface area contributed by atoms with Gasteiger partial charge in [-0.15, -0.1) is 0 Å². The third-order valence-electron chi connectivity index (χ3n) is 2.44. The summed E-state index contributed by atoms with van der Waals surface area (Å²) in [6.07, 6.45) is 0. The predicted octanol–water partition coefficient (Wildman–Crippen LogP) is -1.69. The SMILES string of the molecule is C=C(N1CCN(CCO)CC1)S(=O)(=O)O.[NaH]. The van der Waals surface area contributed by atoms with Gasteiger partial charge in [0.1, 0.15) is 0 Å². The molecule has 0 aromatic rings. The first-order valence-corrected chi connectivity index (χ1v) is 6.13. The summed E-state index contributed by atoms with van der Waals surface area (Å²) in [7, 11) is -4.17. The summed E-state index contributed by atoms with van der Waals surface area (Å²) in [4.78, 5) is 3.55. The second-order valence-electron chi connectivity index (χ2n) is 3.42. The van der Waals surface area contributed by atoms with Crippen molar-refractivity contribution in [1.82, 2.24) is 9.80 Å². The van der Waals surface area contributed by atoms with Crippen molar-refractivity contribution in [2.45, 2.75) is 0 Å². The standard InChI is InChI=1S/C8H16N2O4S.Na.H/c1-8(15(12,13)14)10-4-2-9(3-5-10)6-7-11;;/h11H,1-7H2,(H,12,13,14);;. The minimum atomic E-state index is -4.17. The van der Waals surface area contributed by atoms with Crippen LogP contribution in [-0.2, 0) is 10.1 Å². The van der Waals surface area contributed by atoms with Crippen LogP contribution in [0.3, 0.4) is 0 Å². The molecule has 0 aromatic heterocycles. The molecule has 1 aliphatic heterocycles. The third kappa shape index (κ3) is 4.70. The Bertz CT molecular complexity index is 325. The summed E-state index contributed by atoms with van der Waals surface area (Å²) < 4.78 is 30.4. The first-order valence-electron chi connectivity index (χ1n) is 4.69. The van der Waals surface area contributed by atoms with E-state index in [9.17, 15) is 8.42 Å². The van der Waals surface area contributed by atoms with E-state index in [1.165, 1.54) is 4.90 Å². The monoisotopic (exact) mass is 260 g/mol. The maximum absolute atomic E-state index is 10.8. The molecule has 1 saturated heterocycles. The molecule has 90 valence electrons. The number of aliphatic hydroxyl groups is 1. The first-order chi connectivity index (χ1) is 6.95. The average molecular weight is 260 g/mol. The van der Waals surface area contributed by atoms with Gasteiger partial charge in [-0.1, -0.05) is 6.58 Å². The van der Waals surface area contributed by atoms with Gasteiger partial charge in [0.05, 0.1) is 6.61 Å². The molecule has 0 bridgehead atoms. The maximum atomic E-state index is 10.8. The molecule has 0 radical (unpaired) electrons. The number of piperazine rings is 1. The van der Waals surface area contributed by atoms with E-state index >= 15 is 0 Å². The van der Waals surface area contributed by atoms with Gasteiger partial charge in [0.15, 0.2) is 5.03 Å². The molecule has 2 N–H and O–H groups in total. The number of aliphatic hydroxyl groups excluding tert-OH is 1. The molecule has 1 rings (SSSR count). The van der Waals surface area contributed by atoms with E-state index in [1.54, 1.807) is 0 Å². The van der Waals surface area contributed by atoms with Crippen LogP contribution >= 0.6 is 0 Å². The Labute approximate surface area is 118 Å². The number of nitrogens with zero attached hydrogens (tertiary/aromatic N) is 2. The average Bonchev–Trinajstić information content (AvgIpc) is 2.17. The molecule has 0 aromatic carbocycles. The normalized spacial score (nSPS) is 18.0. The molecule has 16 heavy (non-hydrogen) atoms. The molecular formula is C8H17N2NaO4S. The van der Waals surface area contributed by atoms with Gasteiger partial charge in [-0.2, -0.15) is 8.42 Å². The minimum absolute atomic E-state index is 0. The molecule has 1 fully saturated rings. The fraction of sp³-hybridized carbons (Fsp3) is 0.750. The Morgan fingerprint density at radius 1 is 1.25 bits per heavy atom.